The van der Waals surface area contributed by atoms with Gasteiger partial charge in [0.2, 0.25) is 0 Å². The molecule has 112 valence electrons. The van der Waals surface area contributed by atoms with Gasteiger partial charge in [-0.05, 0) is 37.3 Å². The standard InChI is InChI=1S/C17H14BrNO3/c1-9(20)11-4-6-15(21)17(22-2)16(11)13-8-19-14-5-3-10(18)7-12(13)14/h3-8,19,21H,1-2H3. The van der Waals surface area contributed by atoms with E-state index in [1.807, 2.05) is 24.4 Å². The quantitative estimate of drug-likeness (QED) is 0.676. The number of halogens is 1. The summed E-state index contributed by atoms with van der Waals surface area (Å²) in [7, 11) is 1.48. The number of aromatic hydroxyl groups is 1. The van der Waals surface area contributed by atoms with Crippen molar-refractivity contribution in [2.75, 3.05) is 7.11 Å². The van der Waals surface area contributed by atoms with Crippen LogP contribution < -0.4 is 4.74 Å². The molecule has 22 heavy (non-hydrogen) atoms. The van der Waals surface area contributed by atoms with Gasteiger partial charge >= 0.3 is 0 Å². The minimum Gasteiger partial charge on any atom is -0.504 e. The van der Waals surface area contributed by atoms with Crippen LogP contribution in [0.3, 0.4) is 0 Å². The molecule has 0 unspecified atom stereocenters. The van der Waals surface area contributed by atoms with Gasteiger partial charge < -0.3 is 14.8 Å². The highest BCUT2D eigenvalue weighted by molar-refractivity contribution is 9.10. The van der Waals surface area contributed by atoms with Crippen LogP contribution in [0.2, 0.25) is 0 Å². The van der Waals surface area contributed by atoms with Crippen molar-refractivity contribution in [1.82, 2.24) is 4.98 Å². The van der Waals surface area contributed by atoms with Crippen molar-refractivity contribution in [3.8, 4) is 22.6 Å². The number of ketones is 1. The first-order chi connectivity index (χ1) is 10.5. The number of hydrogen-bond donors (Lipinski definition) is 2. The number of aromatic amines is 1. The van der Waals surface area contributed by atoms with Gasteiger partial charge in [0.1, 0.15) is 0 Å². The highest BCUT2D eigenvalue weighted by atomic mass is 79.9. The number of carbonyl (C=O) groups is 1. The Bertz CT molecular complexity index is 883. The number of H-pyrrole nitrogens is 1. The average Bonchev–Trinajstić information content (AvgIpc) is 2.89. The number of nitrogens with one attached hydrogen (secondary N) is 1. The Morgan fingerprint density at radius 3 is 2.73 bits per heavy atom. The van der Waals surface area contributed by atoms with Crippen molar-refractivity contribution in [2.24, 2.45) is 0 Å². The Morgan fingerprint density at radius 2 is 2.05 bits per heavy atom. The molecule has 2 N–H and O–H groups in total. The number of carbonyl (C=O) groups excluding carboxylic acids is 1. The van der Waals surface area contributed by atoms with E-state index in [2.05, 4.69) is 20.9 Å². The maximum Gasteiger partial charge on any atom is 0.169 e. The lowest BCUT2D eigenvalue weighted by Crippen LogP contribution is -1.99. The van der Waals surface area contributed by atoms with Crippen LogP contribution in [0.25, 0.3) is 22.0 Å². The summed E-state index contributed by atoms with van der Waals surface area (Å²) in [4.78, 5) is 15.2. The first-order valence-electron chi connectivity index (χ1n) is 6.71. The molecular weight excluding hydrogens is 346 g/mol. The zero-order valence-electron chi connectivity index (χ0n) is 12.1. The van der Waals surface area contributed by atoms with Gasteiger partial charge in [-0.1, -0.05) is 15.9 Å². The lowest BCUT2D eigenvalue weighted by atomic mass is 9.95. The lowest BCUT2D eigenvalue weighted by molar-refractivity contribution is 0.101. The Balaban J connectivity index is 2.41. The summed E-state index contributed by atoms with van der Waals surface area (Å²) < 4.78 is 6.28. The molecule has 0 radical (unpaired) electrons. The van der Waals surface area contributed by atoms with Crippen LogP contribution in [0, 0.1) is 0 Å². The van der Waals surface area contributed by atoms with E-state index in [-0.39, 0.29) is 11.5 Å². The van der Waals surface area contributed by atoms with Crippen LogP contribution in [0.4, 0.5) is 0 Å². The molecule has 0 bridgehead atoms. The lowest BCUT2D eigenvalue weighted by Gasteiger charge is -2.13. The molecule has 0 amide bonds. The summed E-state index contributed by atoms with van der Waals surface area (Å²) in [6.07, 6.45) is 1.82. The molecule has 0 aliphatic rings. The molecule has 0 aliphatic heterocycles. The van der Waals surface area contributed by atoms with Crippen LogP contribution in [-0.2, 0) is 0 Å². The van der Waals surface area contributed by atoms with Crippen LogP contribution in [0.5, 0.6) is 11.5 Å². The molecule has 0 spiro atoms. The topological polar surface area (TPSA) is 62.3 Å². The van der Waals surface area contributed by atoms with E-state index >= 15 is 0 Å². The fraction of sp³-hybridized carbons (Fsp3) is 0.118. The van der Waals surface area contributed by atoms with Gasteiger partial charge in [-0.25, -0.2) is 0 Å². The fourth-order valence-electron chi connectivity index (χ4n) is 2.64. The van der Waals surface area contributed by atoms with E-state index in [9.17, 15) is 9.90 Å². The minimum atomic E-state index is -0.0855. The predicted molar refractivity (Wildman–Crippen MR) is 89.7 cm³/mol. The summed E-state index contributed by atoms with van der Waals surface area (Å²) in [6, 6.07) is 8.95. The second-order valence-electron chi connectivity index (χ2n) is 4.99. The number of benzene rings is 2. The van der Waals surface area contributed by atoms with Gasteiger partial charge in [0.25, 0.3) is 0 Å². The average molecular weight is 360 g/mol. The Labute approximate surface area is 135 Å². The van der Waals surface area contributed by atoms with Gasteiger partial charge in [-0.15, -0.1) is 0 Å². The van der Waals surface area contributed by atoms with E-state index in [0.717, 1.165) is 20.9 Å². The van der Waals surface area contributed by atoms with E-state index in [1.165, 1.54) is 20.1 Å². The summed E-state index contributed by atoms with van der Waals surface area (Å²) in [5.74, 6) is 0.220. The highest BCUT2D eigenvalue weighted by Gasteiger charge is 2.20. The van der Waals surface area contributed by atoms with Crippen molar-refractivity contribution in [3.63, 3.8) is 0 Å². The second kappa shape index (κ2) is 5.50. The van der Waals surface area contributed by atoms with E-state index in [4.69, 9.17) is 4.74 Å². The molecule has 0 aliphatic carbocycles. The number of methoxy groups -OCH3 is 1. The van der Waals surface area contributed by atoms with Gasteiger partial charge in [0.15, 0.2) is 17.3 Å². The van der Waals surface area contributed by atoms with E-state index in [0.29, 0.717) is 16.9 Å². The molecular formula is C17H14BrNO3. The van der Waals surface area contributed by atoms with Crippen molar-refractivity contribution >= 4 is 32.6 Å². The number of aromatic nitrogens is 1. The largest absolute Gasteiger partial charge is 0.504 e. The molecule has 0 fully saturated rings. The monoisotopic (exact) mass is 359 g/mol. The Kier molecular flexibility index (Phi) is 3.66. The zero-order valence-corrected chi connectivity index (χ0v) is 13.7. The van der Waals surface area contributed by atoms with Crippen molar-refractivity contribution in [2.45, 2.75) is 6.92 Å². The molecule has 0 atom stereocenters. The Morgan fingerprint density at radius 1 is 1.27 bits per heavy atom. The molecule has 3 rings (SSSR count). The number of fused-ring (bicyclic) bond motifs is 1. The van der Waals surface area contributed by atoms with Crippen LogP contribution in [0.15, 0.2) is 41.0 Å². The second-order valence-corrected chi connectivity index (χ2v) is 5.90. The molecule has 1 aromatic heterocycles. The van der Waals surface area contributed by atoms with Gasteiger partial charge in [-0.3, -0.25) is 4.79 Å². The fourth-order valence-corrected chi connectivity index (χ4v) is 3.00. The highest BCUT2D eigenvalue weighted by Crippen LogP contribution is 2.43. The number of phenolic OH excluding ortho intramolecular Hbond substituents is 1. The van der Waals surface area contributed by atoms with Crippen LogP contribution in [0.1, 0.15) is 17.3 Å². The normalized spacial score (nSPS) is 10.9. The van der Waals surface area contributed by atoms with Crippen molar-refractivity contribution in [3.05, 3.63) is 46.6 Å². The molecule has 2 aromatic carbocycles. The summed E-state index contributed by atoms with van der Waals surface area (Å²) >= 11 is 3.46. The minimum absolute atomic E-state index is 0.00634. The van der Waals surface area contributed by atoms with E-state index < -0.39 is 0 Å². The molecule has 4 nitrogen and oxygen atoms in total. The third-order valence-corrected chi connectivity index (χ3v) is 4.13. The van der Waals surface area contributed by atoms with Crippen molar-refractivity contribution < 1.29 is 14.6 Å². The van der Waals surface area contributed by atoms with Crippen molar-refractivity contribution in [1.29, 1.82) is 0 Å². The maximum atomic E-state index is 12.0. The van der Waals surface area contributed by atoms with Gasteiger partial charge in [-0.2, -0.15) is 0 Å². The number of Topliss-reactive ketones (excluding diaryl/α,β-unsaturated/α-hetero) is 1. The van der Waals surface area contributed by atoms with Gasteiger partial charge in [0, 0.05) is 38.3 Å². The SMILES string of the molecule is COc1c(O)ccc(C(C)=O)c1-c1c[nH]c2ccc(Br)cc12. The maximum absolute atomic E-state index is 12.0. The molecule has 0 saturated carbocycles. The molecule has 5 heteroatoms. The number of ether oxygens (including phenoxy) is 1. The number of rotatable bonds is 3. The third-order valence-electron chi connectivity index (χ3n) is 3.63. The summed E-state index contributed by atoms with van der Waals surface area (Å²) in [6.45, 7) is 1.50. The predicted octanol–water partition coefficient (Wildman–Crippen LogP) is 4.51. The molecule has 3 aromatic rings. The summed E-state index contributed by atoms with van der Waals surface area (Å²) in [5.41, 5.74) is 2.86. The molecule has 1 heterocycles. The van der Waals surface area contributed by atoms with Crippen LogP contribution in [-0.4, -0.2) is 23.0 Å². The first kappa shape index (κ1) is 14.7. The van der Waals surface area contributed by atoms with Crippen LogP contribution >= 0.6 is 15.9 Å². The summed E-state index contributed by atoms with van der Waals surface area (Å²) in [5, 5.41) is 11.0. The zero-order chi connectivity index (χ0) is 15.9. The number of hydrogen-bond acceptors (Lipinski definition) is 3. The Hall–Kier alpha value is -2.27. The first-order valence-corrected chi connectivity index (χ1v) is 7.50. The van der Waals surface area contributed by atoms with E-state index in [1.54, 1.807) is 6.07 Å². The smallest absolute Gasteiger partial charge is 0.169 e. The third kappa shape index (κ3) is 2.27. The molecule has 0 saturated heterocycles. The number of phenols is 1. The van der Waals surface area contributed by atoms with Gasteiger partial charge in [0.05, 0.1) is 7.11 Å².